The van der Waals surface area contributed by atoms with Crippen molar-refractivity contribution < 1.29 is 5.11 Å². The first-order valence-corrected chi connectivity index (χ1v) is 4.41. The molecule has 0 amide bonds. The van der Waals surface area contributed by atoms with E-state index in [0.717, 1.165) is 0 Å². The number of aliphatic hydroxyl groups excluding tert-OH is 1. The molecule has 11 heavy (non-hydrogen) atoms. The monoisotopic (exact) mass is 190 g/mol. The molecule has 0 aliphatic heterocycles. The molecule has 0 radical (unpaired) electrons. The molecule has 0 unspecified atom stereocenters. The molecule has 1 N–H and O–H groups in total. The number of thioether (sulfide) groups is 1. The van der Waals surface area contributed by atoms with Gasteiger partial charge >= 0.3 is 0 Å². The first-order chi connectivity index (χ1) is 5.34. The summed E-state index contributed by atoms with van der Waals surface area (Å²) in [6.07, 6.45) is 3.11. The zero-order valence-corrected chi connectivity index (χ0v) is 7.27. The molecule has 0 aromatic carbocycles. The van der Waals surface area contributed by atoms with Crippen molar-refractivity contribution in [3.8, 4) is 0 Å². The van der Waals surface area contributed by atoms with Crippen molar-refractivity contribution in [1.29, 1.82) is 0 Å². The van der Waals surface area contributed by atoms with Crippen LogP contribution < -0.4 is 0 Å². The van der Waals surface area contributed by atoms with Gasteiger partial charge in [-0.25, -0.2) is 9.97 Å². The van der Waals surface area contributed by atoms with Gasteiger partial charge in [0.1, 0.15) is 5.03 Å². The third-order valence-corrected chi connectivity index (χ3v) is 2.30. The summed E-state index contributed by atoms with van der Waals surface area (Å²) in [7, 11) is 0. The molecule has 1 aromatic heterocycles. The van der Waals surface area contributed by atoms with Crippen molar-refractivity contribution in [2.24, 2.45) is 0 Å². The molecule has 1 aromatic rings. The molecule has 1 rings (SSSR count). The second-order valence-electron chi connectivity index (χ2n) is 1.72. The fraction of sp³-hybridized carbons (Fsp3) is 0.333. The molecule has 0 spiro atoms. The second kappa shape index (κ2) is 4.54. The number of rotatable bonds is 3. The van der Waals surface area contributed by atoms with Crippen LogP contribution in [0.5, 0.6) is 0 Å². The Bertz CT molecular complexity index is 234. The molecule has 0 aliphatic rings. The predicted molar refractivity (Wildman–Crippen MR) is 44.9 cm³/mol. The van der Waals surface area contributed by atoms with Crippen LogP contribution in [0.4, 0.5) is 0 Å². The highest BCUT2D eigenvalue weighted by atomic mass is 35.5. The summed E-state index contributed by atoms with van der Waals surface area (Å²) in [4.78, 5) is 7.81. The molecule has 5 heteroatoms. The zero-order valence-electron chi connectivity index (χ0n) is 5.70. The van der Waals surface area contributed by atoms with E-state index in [1.165, 1.54) is 18.0 Å². The summed E-state index contributed by atoms with van der Waals surface area (Å²) in [5, 5.41) is 9.57. The maximum absolute atomic E-state index is 8.51. The Balaban J connectivity index is 2.62. The Morgan fingerprint density at radius 3 is 2.82 bits per heavy atom. The van der Waals surface area contributed by atoms with Gasteiger partial charge in [0.15, 0.2) is 5.15 Å². The number of nitrogens with zero attached hydrogens (tertiary/aromatic N) is 2. The maximum Gasteiger partial charge on any atom is 0.161 e. The summed E-state index contributed by atoms with van der Waals surface area (Å²) in [5.41, 5.74) is 0. The van der Waals surface area contributed by atoms with E-state index in [1.54, 1.807) is 6.20 Å². The van der Waals surface area contributed by atoms with E-state index in [0.29, 0.717) is 15.9 Å². The second-order valence-corrected chi connectivity index (χ2v) is 3.17. The third-order valence-electron chi connectivity index (χ3n) is 0.953. The average molecular weight is 191 g/mol. The lowest BCUT2D eigenvalue weighted by Crippen LogP contribution is -1.89. The zero-order chi connectivity index (χ0) is 8.10. The van der Waals surface area contributed by atoms with E-state index >= 15 is 0 Å². The highest BCUT2D eigenvalue weighted by Gasteiger charge is 2.00. The van der Waals surface area contributed by atoms with Crippen LogP contribution in [0.3, 0.4) is 0 Å². The van der Waals surface area contributed by atoms with Crippen LogP contribution in [-0.2, 0) is 0 Å². The van der Waals surface area contributed by atoms with Crippen molar-refractivity contribution in [3.63, 3.8) is 0 Å². The molecule has 1 heterocycles. The van der Waals surface area contributed by atoms with E-state index in [-0.39, 0.29) is 6.61 Å². The summed E-state index contributed by atoms with van der Waals surface area (Å²) in [6.45, 7) is 0.123. The van der Waals surface area contributed by atoms with Gasteiger partial charge in [-0.2, -0.15) is 0 Å². The first kappa shape index (κ1) is 8.77. The van der Waals surface area contributed by atoms with E-state index in [4.69, 9.17) is 16.7 Å². The number of halogens is 1. The SMILES string of the molecule is OCCSc1nccnc1Cl. The van der Waals surface area contributed by atoms with Gasteiger partial charge in [-0.15, -0.1) is 11.8 Å². The fourth-order valence-corrected chi connectivity index (χ4v) is 1.41. The van der Waals surface area contributed by atoms with Crippen LogP contribution >= 0.6 is 23.4 Å². The smallest absolute Gasteiger partial charge is 0.161 e. The van der Waals surface area contributed by atoms with Crippen LogP contribution in [0.15, 0.2) is 17.4 Å². The number of hydrogen-bond acceptors (Lipinski definition) is 4. The third kappa shape index (κ3) is 2.65. The first-order valence-electron chi connectivity index (χ1n) is 3.04. The molecule has 0 saturated heterocycles. The molecular weight excluding hydrogens is 184 g/mol. The van der Waals surface area contributed by atoms with Crippen molar-refractivity contribution in [3.05, 3.63) is 17.5 Å². The molecule has 0 fully saturated rings. The average Bonchev–Trinajstić information content (AvgIpc) is 2.03. The number of hydrogen-bond donors (Lipinski definition) is 1. The highest BCUT2D eigenvalue weighted by molar-refractivity contribution is 7.99. The van der Waals surface area contributed by atoms with Crippen LogP contribution in [0.25, 0.3) is 0 Å². The number of aromatic nitrogens is 2. The maximum atomic E-state index is 8.51. The lowest BCUT2D eigenvalue weighted by atomic mass is 10.8. The van der Waals surface area contributed by atoms with Crippen molar-refractivity contribution in [2.75, 3.05) is 12.4 Å². The Morgan fingerprint density at radius 2 is 2.18 bits per heavy atom. The van der Waals surface area contributed by atoms with Gasteiger partial charge in [0.25, 0.3) is 0 Å². The summed E-state index contributed by atoms with van der Waals surface area (Å²) >= 11 is 7.08. The van der Waals surface area contributed by atoms with Gasteiger partial charge in [0.05, 0.1) is 6.61 Å². The largest absolute Gasteiger partial charge is 0.396 e. The molecule has 3 nitrogen and oxygen atoms in total. The van der Waals surface area contributed by atoms with Gasteiger partial charge in [-0.1, -0.05) is 11.6 Å². The van der Waals surface area contributed by atoms with Crippen LogP contribution in [0.2, 0.25) is 5.15 Å². The minimum atomic E-state index is 0.123. The van der Waals surface area contributed by atoms with Gasteiger partial charge in [-0.05, 0) is 0 Å². The summed E-state index contributed by atoms with van der Waals surface area (Å²) in [6, 6.07) is 0. The van der Waals surface area contributed by atoms with E-state index < -0.39 is 0 Å². The summed E-state index contributed by atoms with van der Waals surface area (Å²) in [5.74, 6) is 0.596. The van der Waals surface area contributed by atoms with Crippen molar-refractivity contribution in [1.82, 2.24) is 9.97 Å². The Kier molecular flexibility index (Phi) is 3.62. The number of aliphatic hydroxyl groups is 1. The molecule has 0 bridgehead atoms. The molecular formula is C6H7ClN2OS. The van der Waals surface area contributed by atoms with Crippen molar-refractivity contribution in [2.45, 2.75) is 5.03 Å². The normalized spacial score (nSPS) is 10.0. The lowest BCUT2D eigenvalue weighted by molar-refractivity contribution is 0.322. The van der Waals surface area contributed by atoms with Crippen LogP contribution in [-0.4, -0.2) is 27.4 Å². The fourth-order valence-electron chi connectivity index (χ4n) is 0.547. The van der Waals surface area contributed by atoms with Gasteiger partial charge in [0, 0.05) is 18.1 Å². The standard InChI is InChI=1S/C6H7ClN2OS/c7-5-6(11-4-3-10)9-2-1-8-5/h1-2,10H,3-4H2. The van der Waals surface area contributed by atoms with Crippen molar-refractivity contribution >= 4 is 23.4 Å². The lowest BCUT2D eigenvalue weighted by Gasteiger charge is -1.97. The quantitative estimate of drug-likeness (QED) is 0.728. The van der Waals surface area contributed by atoms with Gasteiger partial charge in [0.2, 0.25) is 0 Å². The highest BCUT2D eigenvalue weighted by Crippen LogP contribution is 2.20. The van der Waals surface area contributed by atoms with E-state index in [9.17, 15) is 0 Å². The Hall–Kier alpha value is -0.320. The van der Waals surface area contributed by atoms with Crippen LogP contribution in [0, 0.1) is 0 Å². The molecule has 0 atom stereocenters. The minimum Gasteiger partial charge on any atom is -0.396 e. The minimum absolute atomic E-state index is 0.123. The predicted octanol–water partition coefficient (Wildman–Crippen LogP) is 1.21. The molecule has 0 saturated carbocycles. The Morgan fingerprint density at radius 1 is 1.45 bits per heavy atom. The topological polar surface area (TPSA) is 46.0 Å². The molecule has 0 aliphatic carbocycles. The van der Waals surface area contributed by atoms with E-state index in [2.05, 4.69) is 9.97 Å². The molecule has 60 valence electrons. The summed E-state index contributed by atoms with van der Waals surface area (Å²) < 4.78 is 0. The Labute approximate surface area is 73.8 Å². The van der Waals surface area contributed by atoms with Gasteiger partial charge < -0.3 is 5.11 Å². The van der Waals surface area contributed by atoms with Gasteiger partial charge in [-0.3, -0.25) is 0 Å². The van der Waals surface area contributed by atoms with Crippen LogP contribution in [0.1, 0.15) is 0 Å². The van der Waals surface area contributed by atoms with E-state index in [1.807, 2.05) is 0 Å².